The smallest absolute Gasteiger partial charge is 0.160 e. The van der Waals surface area contributed by atoms with Crippen molar-refractivity contribution in [1.82, 2.24) is 14.5 Å². The highest BCUT2D eigenvalue weighted by atomic mass is 32.1. The Morgan fingerprint density at radius 1 is 0.400 bits per heavy atom. The van der Waals surface area contributed by atoms with Crippen LogP contribution in [0.3, 0.4) is 0 Å². The summed E-state index contributed by atoms with van der Waals surface area (Å²) in [6, 6.07) is 58.8. The average molecular weight is 654 g/mol. The average Bonchev–Trinajstić information content (AvgIpc) is 3.72. The number of nitrogens with zero attached hydrogens (tertiary/aromatic N) is 3. The summed E-state index contributed by atoms with van der Waals surface area (Å²) >= 11 is 1.79. The van der Waals surface area contributed by atoms with Crippen molar-refractivity contribution in [3.63, 3.8) is 0 Å². The van der Waals surface area contributed by atoms with Crippen LogP contribution in [0.5, 0.6) is 0 Å². The van der Waals surface area contributed by atoms with Crippen molar-refractivity contribution in [1.29, 1.82) is 0 Å². The summed E-state index contributed by atoms with van der Waals surface area (Å²) in [5, 5.41) is 11.2. The summed E-state index contributed by atoms with van der Waals surface area (Å²) in [7, 11) is 0. The van der Waals surface area contributed by atoms with Gasteiger partial charge >= 0.3 is 0 Å². The lowest BCUT2D eigenvalue weighted by Gasteiger charge is -2.12. The number of benzene rings is 8. The highest BCUT2D eigenvalue weighted by Gasteiger charge is 2.21. The Morgan fingerprint density at radius 3 is 1.72 bits per heavy atom. The fourth-order valence-corrected chi connectivity index (χ4v) is 9.10. The normalized spacial score (nSPS) is 12.0. The molecule has 0 aliphatic rings. The minimum atomic E-state index is 0.736. The van der Waals surface area contributed by atoms with Gasteiger partial charge in [-0.2, -0.15) is 0 Å². The van der Waals surface area contributed by atoms with Gasteiger partial charge in [0.2, 0.25) is 0 Å². The molecular formula is C46H27N3S. The molecule has 0 aliphatic heterocycles. The first-order valence-electron chi connectivity index (χ1n) is 16.9. The molecule has 4 heteroatoms. The van der Waals surface area contributed by atoms with Crippen LogP contribution in [0.2, 0.25) is 0 Å². The summed E-state index contributed by atoms with van der Waals surface area (Å²) in [4.78, 5) is 10.7. The van der Waals surface area contributed by atoms with Crippen LogP contribution in [0.15, 0.2) is 164 Å². The molecule has 0 unspecified atom stereocenters. The van der Waals surface area contributed by atoms with Gasteiger partial charge in [0.25, 0.3) is 0 Å². The zero-order valence-corrected chi connectivity index (χ0v) is 27.7. The highest BCUT2D eigenvalue weighted by molar-refractivity contribution is 7.26. The van der Waals surface area contributed by atoms with E-state index in [-0.39, 0.29) is 0 Å². The lowest BCUT2D eigenvalue weighted by atomic mass is 9.93. The molecule has 3 aromatic heterocycles. The molecule has 8 aromatic carbocycles. The van der Waals surface area contributed by atoms with Gasteiger partial charge in [0, 0.05) is 37.7 Å². The lowest BCUT2D eigenvalue weighted by molar-refractivity contribution is 1.18. The standard InChI is InChI=1S/C46H27N3S/c1-3-13-28(14-4-1)46-47-43(29-23-24-35-33-19-8-7-17-31(33)32-18-9-10-20-34(32)37(35)25-29)45-44(48-46)39-26-41-38(27-42(39)50-45)36-21-11-12-22-40(36)49(41)30-15-5-2-6-16-30/h1-27H. The molecule has 0 saturated carbocycles. The fraction of sp³-hybridized carbons (Fsp3) is 0. The van der Waals surface area contributed by atoms with E-state index >= 15 is 0 Å². The molecule has 3 nitrogen and oxygen atoms in total. The number of rotatable bonds is 3. The van der Waals surface area contributed by atoms with E-state index in [0.29, 0.717) is 0 Å². The Labute approximate surface area is 291 Å². The van der Waals surface area contributed by atoms with Gasteiger partial charge in [0.1, 0.15) is 0 Å². The summed E-state index contributed by atoms with van der Waals surface area (Å²) in [5.41, 5.74) is 7.58. The van der Waals surface area contributed by atoms with Gasteiger partial charge in [-0.1, -0.05) is 127 Å². The molecule has 232 valence electrons. The minimum Gasteiger partial charge on any atom is -0.309 e. The Balaban J connectivity index is 1.25. The molecule has 0 fully saturated rings. The molecule has 0 N–H and O–H groups in total. The maximum absolute atomic E-state index is 5.35. The lowest BCUT2D eigenvalue weighted by Crippen LogP contribution is -1.94. The van der Waals surface area contributed by atoms with Crippen molar-refractivity contribution in [3.05, 3.63) is 164 Å². The van der Waals surface area contributed by atoms with Crippen LogP contribution in [0.4, 0.5) is 0 Å². The van der Waals surface area contributed by atoms with Gasteiger partial charge in [-0.3, -0.25) is 0 Å². The van der Waals surface area contributed by atoms with Crippen LogP contribution >= 0.6 is 11.3 Å². The number of aromatic nitrogens is 3. The predicted molar refractivity (Wildman–Crippen MR) is 213 cm³/mol. The van der Waals surface area contributed by atoms with Crippen molar-refractivity contribution in [2.24, 2.45) is 0 Å². The molecule has 3 heterocycles. The van der Waals surface area contributed by atoms with E-state index in [1.807, 2.05) is 6.07 Å². The number of thiophene rings is 1. The molecule has 0 spiro atoms. The van der Waals surface area contributed by atoms with Crippen LogP contribution in [-0.4, -0.2) is 14.5 Å². The van der Waals surface area contributed by atoms with Gasteiger partial charge in [-0.05, 0) is 68.7 Å². The van der Waals surface area contributed by atoms with Crippen molar-refractivity contribution in [2.45, 2.75) is 0 Å². The van der Waals surface area contributed by atoms with E-state index in [1.165, 1.54) is 58.8 Å². The monoisotopic (exact) mass is 653 g/mol. The van der Waals surface area contributed by atoms with Crippen LogP contribution in [-0.2, 0) is 0 Å². The topological polar surface area (TPSA) is 30.7 Å². The SMILES string of the molecule is c1ccc(-c2nc(-c3ccc4c5ccccc5c5ccccc5c4c3)c3sc4cc5c6ccccc6n(-c6ccccc6)c5cc4c3n2)cc1. The van der Waals surface area contributed by atoms with Gasteiger partial charge in [-0.15, -0.1) is 11.3 Å². The summed E-state index contributed by atoms with van der Waals surface area (Å²) in [5.74, 6) is 0.736. The molecule has 0 radical (unpaired) electrons. The molecule has 0 bridgehead atoms. The van der Waals surface area contributed by atoms with Gasteiger partial charge in [0.15, 0.2) is 5.82 Å². The third-order valence-electron chi connectivity index (χ3n) is 10.2. The van der Waals surface area contributed by atoms with E-state index < -0.39 is 0 Å². The Bertz CT molecular complexity index is 3100. The minimum absolute atomic E-state index is 0.736. The quantitative estimate of drug-likeness (QED) is 0.178. The molecule has 11 rings (SSSR count). The molecule has 50 heavy (non-hydrogen) atoms. The molecule has 0 amide bonds. The second kappa shape index (κ2) is 10.6. The van der Waals surface area contributed by atoms with E-state index in [9.17, 15) is 0 Å². The van der Waals surface area contributed by atoms with Gasteiger partial charge in [0.05, 0.1) is 26.9 Å². The van der Waals surface area contributed by atoms with Crippen molar-refractivity contribution < 1.29 is 0 Å². The van der Waals surface area contributed by atoms with Crippen molar-refractivity contribution in [2.75, 3.05) is 0 Å². The van der Waals surface area contributed by atoms with Crippen molar-refractivity contribution >= 4 is 85.8 Å². The fourth-order valence-electron chi connectivity index (χ4n) is 7.93. The Kier molecular flexibility index (Phi) is 5.83. The third-order valence-corrected chi connectivity index (χ3v) is 11.3. The first-order chi connectivity index (χ1) is 24.8. The first-order valence-corrected chi connectivity index (χ1v) is 17.7. The van der Waals surface area contributed by atoms with Gasteiger partial charge in [-0.25, -0.2) is 9.97 Å². The molecular weight excluding hydrogens is 627 g/mol. The predicted octanol–water partition coefficient (Wildman–Crippen LogP) is 12.7. The number of para-hydroxylation sites is 2. The Morgan fingerprint density at radius 2 is 1.00 bits per heavy atom. The zero-order chi connectivity index (χ0) is 32.8. The maximum atomic E-state index is 5.35. The van der Waals surface area contributed by atoms with Crippen LogP contribution < -0.4 is 0 Å². The number of fused-ring (bicyclic) bond motifs is 12. The summed E-state index contributed by atoms with van der Waals surface area (Å²) in [6.07, 6.45) is 0. The number of hydrogen-bond donors (Lipinski definition) is 0. The largest absolute Gasteiger partial charge is 0.309 e. The van der Waals surface area contributed by atoms with Crippen LogP contribution in [0, 0.1) is 0 Å². The molecule has 0 saturated heterocycles. The number of hydrogen-bond acceptors (Lipinski definition) is 3. The van der Waals surface area contributed by atoms with Crippen LogP contribution in [0.1, 0.15) is 0 Å². The van der Waals surface area contributed by atoms with E-state index in [1.54, 1.807) is 11.3 Å². The van der Waals surface area contributed by atoms with Crippen molar-refractivity contribution in [3.8, 4) is 28.3 Å². The Hall–Kier alpha value is -6.36. The molecule has 0 aliphatic carbocycles. The zero-order valence-electron chi connectivity index (χ0n) is 26.8. The van der Waals surface area contributed by atoms with Gasteiger partial charge < -0.3 is 4.57 Å². The summed E-state index contributed by atoms with van der Waals surface area (Å²) in [6.45, 7) is 0. The first kappa shape index (κ1) is 27.6. The van der Waals surface area contributed by atoms with Crippen LogP contribution in [0.25, 0.3) is 103 Å². The molecule has 0 atom stereocenters. The third kappa shape index (κ3) is 3.97. The maximum Gasteiger partial charge on any atom is 0.160 e. The highest BCUT2D eigenvalue weighted by Crippen LogP contribution is 2.44. The van der Waals surface area contributed by atoms with E-state index in [4.69, 9.17) is 9.97 Å². The summed E-state index contributed by atoms with van der Waals surface area (Å²) < 4.78 is 4.70. The van der Waals surface area contributed by atoms with E-state index in [2.05, 4.69) is 162 Å². The second-order valence-corrected chi connectivity index (χ2v) is 14.0. The molecule has 11 aromatic rings. The second-order valence-electron chi connectivity index (χ2n) is 12.9. The van der Waals surface area contributed by atoms with E-state index in [0.717, 1.165) is 43.9 Å².